The molecular weight excluding hydrogens is 318 g/mol. The van der Waals surface area contributed by atoms with Gasteiger partial charge in [0, 0.05) is 10.7 Å². The zero-order chi connectivity index (χ0) is 17.0. The number of benzene rings is 2. The van der Waals surface area contributed by atoms with Crippen molar-refractivity contribution in [3.8, 4) is 5.75 Å². The number of phenols is 1. The van der Waals surface area contributed by atoms with Gasteiger partial charge in [-0.3, -0.25) is 4.79 Å². The molecule has 2 aromatic carbocycles. The number of nitrogens with one attached hydrogen (secondary N) is 1. The third-order valence-electron chi connectivity index (χ3n) is 3.14. The smallest absolute Gasteiger partial charge is 0.342 e. The van der Waals surface area contributed by atoms with Crippen LogP contribution in [0.15, 0.2) is 42.5 Å². The minimum absolute atomic E-state index is 0.0155. The van der Waals surface area contributed by atoms with Gasteiger partial charge in [0.2, 0.25) is 0 Å². The zero-order valence-electron chi connectivity index (χ0n) is 12.7. The van der Waals surface area contributed by atoms with E-state index in [1.54, 1.807) is 37.3 Å². The van der Waals surface area contributed by atoms with E-state index in [1.807, 2.05) is 0 Å². The number of carbonyl (C=O) groups excluding carboxylic acids is 2. The lowest BCUT2D eigenvalue weighted by Crippen LogP contribution is -2.30. The van der Waals surface area contributed by atoms with Gasteiger partial charge in [-0.1, -0.05) is 17.7 Å². The first kappa shape index (κ1) is 16.8. The Labute approximate surface area is 138 Å². The Bertz CT molecular complexity index is 728. The summed E-state index contributed by atoms with van der Waals surface area (Å²) in [4.78, 5) is 24.0. The molecule has 0 heterocycles. The number of aromatic hydroxyl groups is 1. The molecule has 0 bridgehead atoms. The van der Waals surface area contributed by atoms with E-state index in [-0.39, 0.29) is 11.3 Å². The minimum Gasteiger partial charge on any atom is -0.507 e. The van der Waals surface area contributed by atoms with E-state index in [2.05, 4.69) is 5.32 Å². The topological polar surface area (TPSA) is 75.6 Å². The van der Waals surface area contributed by atoms with Gasteiger partial charge in [-0.25, -0.2) is 4.79 Å². The van der Waals surface area contributed by atoms with E-state index in [9.17, 15) is 14.7 Å². The highest BCUT2D eigenvalue weighted by Gasteiger charge is 2.21. The number of carbonyl (C=O) groups is 2. The summed E-state index contributed by atoms with van der Waals surface area (Å²) >= 11 is 5.77. The fraction of sp³-hybridized carbons (Fsp3) is 0.176. The van der Waals surface area contributed by atoms with Crippen LogP contribution >= 0.6 is 11.6 Å². The highest BCUT2D eigenvalue weighted by atomic mass is 35.5. The Kier molecular flexibility index (Phi) is 5.24. The minimum atomic E-state index is -1.01. The quantitative estimate of drug-likeness (QED) is 0.839. The molecule has 0 aromatic heterocycles. The molecule has 0 radical (unpaired) electrons. The highest BCUT2D eigenvalue weighted by molar-refractivity contribution is 6.30. The van der Waals surface area contributed by atoms with Gasteiger partial charge in [0.25, 0.3) is 5.91 Å². The number of amides is 1. The number of rotatable bonds is 4. The van der Waals surface area contributed by atoms with Gasteiger partial charge >= 0.3 is 5.97 Å². The summed E-state index contributed by atoms with van der Waals surface area (Å²) in [6, 6.07) is 11.1. The second kappa shape index (κ2) is 7.15. The van der Waals surface area contributed by atoms with Crippen molar-refractivity contribution in [3.05, 3.63) is 58.6 Å². The predicted octanol–water partition coefficient (Wildman–Crippen LogP) is 3.54. The number of hydrogen-bond donors (Lipinski definition) is 2. The van der Waals surface area contributed by atoms with Gasteiger partial charge in [-0.2, -0.15) is 0 Å². The highest BCUT2D eigenvalue weighted by Crippen LogP contribution is 2.20. The Morgan fingerprint density at radius 1 is 1.17 bits per heavy atom. The summed E-state index contributed by atoms with van der Waals surface area (Å²) in [7, 11) is 0. The van der Waals surface area contributed by atoms with Crippen LogP contribution < -0.4 is 5.32 Å². The second-order valence-corrected chi connectivity index (χ2v) is 5.50. The average molecular weight is 334 g/mol. The molecule has 0 aliphatic heterocycles. The lowest BCUT2D eigenvalue weighted by atomic mass is 10.1. The van der Waals surface area contributed by atoms with E-state index < -0.39 is 18.0 Å². The second-order valence-electron chi connectivity index (χ2n) is 5.06. The van der Waals surface area contributed by atoms with E-state index >= 15 is 0 Å². The van der Waals surface area contributed by atoms with Crippen LogP contribution in [0.2, 0.25) is 5.02 Å². The summed E-state index contributed by atoms with van der Waals surface area (Å²) < 4.78 is 5.08. The van der Waals surface area contributed by atoms with Gasteiger partial charge in [0.1, 0.15) is 11.3 Å². The van der Waals surface area contributed by atoms with Crippen molar-refractivity contribution in [2.45, 2.75) is 20.0 Å². The first-order valence-corrected chi connectivity index (χ1v) is 7.31. The van der Waals surface area contributed by atoms with Crippen molar-refractivity contribution in [1.29, 1.82) is 0 Å². The van der Waals surface area contributed by atoms with Crippen LogP contribution in [0, 0.1) is 6.92 Å². The fourth-order valence-electron chi connectivity index (χ4n) is 1.87. The summed E-state index contributed by atoms with van der Waals surface area (Å²) in [6.07, 6.45) is -1.01. The number of ether oxygens (including phenoxy) is 1. The van der Waals surface area contributed by atoms with Crippen LogP contribution in [0.4, 0.5) is 5.69 Å². The number of phenolic OH excluding ortho intramolecular Hbond substituents is 1. The molecule has 6 heteroatoms. The maximum absolute atomic E-state index is 12.0. The maximum atomic E-state index is 12.0. The number of aryl methyl sites for hydroxylation is 1. The summed E-state index contributed by atoms with van der Waals surface area (Å²) in [5.74, 6) is -1.42. The van der Waals surface area contributed by atoms with Crippen molar-refractivity contribution in [2.24, 2.45) is 0 Å². The number of hydrogen-bond acceptors (Lipinski definition) is 4. The maximum Gasteiger partial charge on any atom is 0.342 e. The molecule has 0 aliphatic rings. The molecule has 2 rings (SSSR count). The van der Waals surface area contributed by atoms with E-state index in [4.69, 9.17) is 16.3 Å². The third-order valence-corrected chi connectivity index (χ3v) is 3.39. The van der Waals surface area contributed by atoms with Crippen LogP contribution in [0.1, 0.15) is 22.8 Å². The van der Waals surface area contributed by atoms with Crippen LogP contribution in [0.5, 0.6) is 5.75 Å². The number of anilines is 1. The summed E-state index contributed by atoms with van der Waals surface area (Å²) in [5, 5.41) is 12.9. The molecule has 0 aliphatic carbocycles. The zero-order valence-corrected chi connectivity index (χ0v) is 13.4. The Balaban J connectivity index is 2.00. The molecule has 2 N–H and O–H groups in total. The first-order valence-electron chi connectivity index (χ1n) is 6.94. The van der Waals surface area contributed by atoms with Gasteiger partial charge in [-0.15, -0.1) is 0 Å². The molecule has 0 spiro atoms. The fourth-order valence-corrected chi connectivity index (χ4v) is 1.99. The molecule has 23 heavy (non-hydrogen) atoms. The lowest BCUT2D eigenvalue weighted by Gasteiger charge is -2.14. The Hall–Kier alpha value is -2.53. The molecule has 0 unspecified atom stereocenters. The molecule has 120 valence electrons. The predicted molar refractivity (Wildman–Crippen MR) is 87.8 cm³/mol. The largest absolute Gasteiger partial charge is 0.507 e. The van der Waals surface area contributed by atoms with Gasteiger partial charge in [0.05, 0.1) is 0 Å². The lowest BCUT2D eigenvalue weighted by molar-refractivity contribution is -0.123. The van der Waals surface area contributed by atoms with Gasteiger partial charge in [0.15, 0.2) is 6.10 Å². The van der Waals surface area contributed by atoms with Gasteiger partial charge < -0.3 is 15.2 Å². The molecule has 1 atom stereocenters. The van der Waals surface area contributed by atoms with Crippen LogP contribution in [0.3, 0.4) is 0 Å². The molecule has 5 nitrogen and oxygen atoms in total. The van der Waals surface area contributed by atoms with Crippen LogP contribution in [-0.4, -0.2) is 23.1 Å². The molecule has 0 saturated carbocycles. The van der Waals surface area contributed by atoms with Crippen molar-refractivity contribution >= 4 is 29.2 Å². The average Bonchev–Trinajstić information content (AvgIpc) is 2.49. The van der Waals surface area contributed by atoms with Gasteiger partial charge in [-0.05, 0) is 55.8 Å². The molecular formula is C17H16ClNO4. The Morgan fingerprint density at radius 2 is 1.83 bits per heavy atom. The van der Waals surface area contributed by atoms with E-state index in [0.29, 0.717) is 10.7 Å². The molecule has 0 fully saturated rings. The van der Waals surface area contributed by atoms with Crippen LogP contribution in [-0.2, 0) is 9.53 Å². The monoisotopic (exact) mass is 333 g/mol. The Morgan fingerprint density at radius 3 is 2.43 bits per heavy atom. The van der Waals surface area contributed by atoms with Crippen molar-refractivity contribution in [2.75, 3.05) is 5.32 Å². The van der Waals surface area contributed by atoms with E-state index in [0.717, 1.165) is 5.56 Å². The summed E-state index contributed by atoms with van der Waals surface area (Å²) in [6.45, 7) is 3.24. The number of halogens is 1. The normalized spacial score (nSPS) is 11.6. The molecule has 2 aromatic rings. The van der Waals surface area contributed by atoms with E-state index in [1.165, 1.54) is 19.1 Å². The third kappa shape index (κ3) is 4.47. The summed E-state index contributed by atoms with van der Waals surface area (Å²) in [5.41, 5.74) is 1.37. The molecule has 1 amide bonds. The van der Waals surface area contributed by atoms with Crippen molar-refractivity contribution in [1.82, 2.24) is 0 Å². The number of esters is 1. The SMILES string of the molecule is Cc1ccc(C(=O)O[C@@H](C)C(=O)Nc2ccc(Cl)cc2)c(O)c1. The first-order chi connectivity index (χ1) is 10.9. The molecule has 0 saturated heterocycles. The van der Waals surface area contributed by atoms with Crippen molar-refractivity contribution < 1.29 is 19.4 Å². The van der Waals surface area contributed by atoms with Crippen LogP contribution in [0.25, 0.3) is 0 Å². The standard InChI is InChI=1S/C17H16ClNO4/c1-10-3-8-14(15(20)9-10)17(22)23-11(2)16(21)19-13-6-4-12(18)5-7-13/h3-9,11,20H,1-2H3,(H,19,21)/t11-/m0/s1. The van der Waals surface area contributed by atoms with Crippen molar-refractivity contribution in [3.63, 3.8) is 0 Å².